The molecule has 0 saturated carbocycles. The third-order valence-electron chi connectivity index (χ3n) is 2.31. The molecular weight excluding hydrogens is 203 g/mol. The first-order valence-corrected chi connectivity index (χ1v) is 5.47. The van der Waals surface area contributed by atoms with Crippen molar-refractivity contribution < 1.29 is 13.2 Å². The van der Waals surface area contributed by atoms with Crippen LogP contribution in [0, 0.1) is 11.8 Å². The van der Waals surface area contributed by atoms with Gasteiger partial charge in [-0.05, 0) is 25.2 Å². The second-order valence-corrected chi connectivity index (χ2v) is 4.96. The van der Waals surface area contributed by atoms with Crippen LogP contribution in [-0.4, -0.2) is 18.3 Å². The van der Waals surface area contributed by atoms with Crippen molar-refractivity contribution in [1.82, 2.24) is 5.32 Å². The monoisotopic (exact) mass is 225 g/mol. The fourth-order valence-electron chi connectivity index (χ4n) is 1.75. The topological polar surface area (TPSA) is 12.0 Å². The van der Waals surface area contributed by atoms with Gasteiger partial charge in [-0.2, -0.15) is 13.2 Å². The minimum Gasteiger partial charge on any atom is -0.303 e. The van der Waals surface area contributed by atoms with E-state index in [-0.39, 0.29) is 6.04 Å². The van der Waals surface area contributed by atoms with Gasteiger partial charge in [0.1, 0.15) is 6.04 Å². The molecule has 0 spiro atoms. The SMILES string of the molecule is CC(C)C[C@@H](C)N[C@H](C(C)C)C(F)(F)F. The molecule has 0 bridgehead atoms. The minimum absolute atomic E-state index is 0.0981. The fourth-order valence-corrected chi connectivity index (χ4v) is 1.75. The molecule has 0 rings (SSSR count). The molecule has 0 unspecified atom stereocenters. The summed E-state index contributed by atoms with van der Waals surface area (Å²) in [5.74, 6) is -0.0202. The molecule has 0 aliphatic heterocycles. The molecule has 0 saturated heterocycles. The van der Waals surface area contributed by atoms with Crippen LogP contribution in [0.4, 0.5) is 13.2 Å². The molecule has 0 aromatic rings. The number of hydrogen-bond acceptors (Lipinski definition) is 1. The van der Waals surface area contributed by atoms with Crippen LogP contribution in [0.25, 0.3) is 0 Å². The van der Waals surface area contributed by atoms with E-state index < -0.39 is 18.1 Å². The maximum Gasteiger partial charge on any atom is 0.404 e. The van der Waals surface area contributed by atoms with E-state index >= 15 is 0 Å². The Morgan fingerprint density at radius 1 is 1.00 bits per heavy atom. The molecule has 0 fully saturated rings. The van der Waals surface area contributed by atoms with E-state index in [4.69, 9.17) is 0 Å². The van der Waals surface area contributed by atoms with Gasteiger partial charge in [-0.1, -0.05) is 27.7 Å². The summed E-state index contributed by atoms with van der Waals surface area (Å²) < 4.78 is 37.8. The van der Waals surface area contributed by atoms with Crippen LogP contribution in [0.3, 0.4) is 0 Å². The number of rotatable bonds is 5. The standard InChI is InChI=1S/C11H22F3N/c1-7(2)6-9(5)15-10(8(3)4)11(12,13)14/h7-10,15H,6H2,1-5H3/t9-,10-/m1/s1. The van der Waals surface area contributed by atoms with Gasteiger partial charge in [0.25, 0.3) is 0 Å². The van der Waals surface area contributed by atoms with Crippen LogP contribution < -0.4 is 5.32 Å². The largest absolute Gasteiger partial charge is 0.404 e. The van der Waals surface area contributed by atoms with Crippen molar-refractivity contribution in [1.29, 1.82) is 0 Å². The van der Waals surface area contributed by atoms with Crippen molar-refractivity contribution in [3.8, 4) is 0 Å². The molecule has 0 radical (unpaired) electrons. The second-order valence-electron chi connectivity index (χ2n) is 4.96. The van der Waals surface area contributed by atoms with E-state index in [1.54, 1.807) is 20.8 Å². The van der Waals surface area contributed by atoms with E-state index in [2.05, 4.69) is 5.32 Å². The predicted molar refractivity (Wildman–Crippen MR) is 56.7 cm³/mol. The molecule has 2 atom stereocenters. The first kappa shape index (κ1) is 14.8. The fraction of sp³-hybridized carbons (Fsp3) is 1.00. The van der Waals surface area contributed by atoms with Crippen molar-refractivity contribution in [2.45, 2.75) is 59.3 Å². The van der Waals surface area contributed by atoms with Gasteiger partial charge >= 0.3 is 6.18 Å². The summed E-state index contributed by atoms with van der Waals surface area (Å²) in [5.41, 5.74) is 0. The Morgan fingerprint density at radius 3 is 1.73 bits per heavy atom. The first-order chi connectivity index (χ1) is 6.64. The Bertz CT molecular complexity index is 175. The summed E-state index contributed by atoms with van der Waals surface area (Å²) >= 11 is 0. The van der Waals surface area contributed by atoms with Crippen molar-refractivity contribution in [3.05, 3.63) is 0 Å². The van der Waals surface area contributed by atoms with Crippen LogP contribution in [0.1, 0.15) is 41.0 Å². The Hall–Kier alpha value is -0.250. The lowest BCUT2D eigenvalue weighted by Crippen LogP contribution is -2.49. The number of hydrogen-bond donors (Lipinski definition) is 1. The van der Waals surface area contributed by atoms with Crippen LogP contribution >= 0.6 is 0 Å². The normalized spacial score (nSPS) is 17.2. The average Bonchev–Trinajstić information content (AvgIpc) is 1.95. The van der Waals surface area contributed by atoms with Crippen LogP contribution in [0.15, 0.2) is 0 Å². The number of nitrogens with one attached hydrogen (secondary N) is 1. The molecule has 0 aliphatic carbocycles. The summed E-state index contributed by atoms with van der Waals surface area (Å²) in [6, 6.07) is -1.50. The van der Waals surface area contributed by atoms with Crippen LogP contribution in [0.2, 0.25) is 0 Å². The lowest BCUT2D eigenvalue weighted by molar-refractivity contribution is -0.167. The highest BCUT2D eigenvalue weighted by atomic mass is 19.4. The highest BCUT2D eigenvalue weighted by molar-refractivity contribution is 4.81. The molecule has 0 amide bonds. The Kier molecular flexibility index (Phi) is 5.63. The third-order valence-corrected chi connectivity index (χ3v) is 2.31. The summed E-state index contributed by atoms with van der Waals surface area (Å²) in [4.78, 5) is 0. The lowest BCUT2D eigenvalue weighted by Gasteiger charge is -2.29. The molecule has 1 nitrogen and oxygen atoms in total. The van der Waals surface area contributed by atoms with Gasteiger partial charge in [0, 0.05) is 6.04 Å². The van der Waals surface area contributed by atoms with Gasteiger partial charge in [-0.25, -0.2) is 0 Å². The number of alkyl halides is 3. The van der Waals surface area contributed by atoms with E-state index in [1.807, 2.05) is 13.8 Å². The van der Waals surface area contributed by atoms with Gasteiger partial charge in [0.2, 0.25) is 0 Å². The molecular formula is C11H22F3N. The van der Waals surface area contributed by atoms with Crippen LogP contribution in [0.5, 0.6) is 0 Å². The Labute approximate surface area is 90.4 Å². The Balaban J connectivity index is 4.30. The van der Waals surface area contributed by atoms with Gasteiger partial charge in [0.05, 0.1) is 0 Å². The molecule has 15 heavy (non-hydrogen) atoms. The van der Waals surface area contributed by atoms with E-state index in [0.29, 0.717) is 5.92 Å². The highest BCUT2D eigenvalue weighted by Gasteiger charge is 2.41. The van der Waals surface area contributed by atoms with E-state index in [0.717, 1.165) is 6.42 Å². The second kappa shape index (κ2) is 5.73. The van der Waals surface area contributed by atoms with Crippen molar-refractivity contribution in [2.75, 3.05) is 0 Å². The summed E-state index contributed by atoms with van der Waals surface area (Å²) in [5, 5.41) is 2.66. The zero-order chi connectivity index (χ0) is 12.2. The van der Waals surface area contributed by atoms with Crippen LogP contribution in [-0.2, 0) is 0 Å². The molecule has 1 N–H and O–H groups in total. The molecule has 0 aromatic carbocycles. The summed E-state index contributed by atoms with van der Waals surface area (Å²) in [6.45, 7) is 9.01. The average molecular weight is 225 g/mol. The summed E-state index contributed by atoms with van der Waals surface area (Å²) in [7, 11) is 0. The Morgan fingerprint density at radius 2 is 1.47 bits per heavy atom. The maximum absolute atomic E-state index is 12.6. The summed E-state index contributed by atoms with van der Waals surface area (Å²) in [6.07, 6.45) is -3.39. The molecule has 0 aliphatic rings. The van der Waals surface area contributed by atoms with Crippen molar-refractivity contribution in [3.63, 3.8) is 0 Å². The molecule has 0 heterocycles. The zero-order valence-electron chi connectivity index (χ0n) is 10.2. The highest BCUT2D eigenvalue weighted by Crippen LogP contribution is 2.26. The molecule has 92 valence electrons. The number of halogens is 3. The van der Waals surface area contributed by atoms with E-state index in [9.17, 15) is 13.2 Å². The van der Waals surface area contributed by atoms with Gasteiger partial charge in [-0.15, -0.1) is 0 Å². The maximum atomic E-state index is 12.6. The third kappa shape index (κ3) is 6.03. The molecule has 0 aromatic heterocycles. The van der Waals surface area contributed by atoms with Gasteiger partial charge in [0.15, 0.2) is 0 Å². The first-order valence-electron chi connectivity index (χ1n) is 5.47. The predicted octanol–water partition coefficient (Wildman–Crippen LogP) is 3.60. The van der Waals surface area contributed by atoms with Gasteiger partial charge in [-0.3, -0.25) is 0 Å². The minimum atomic E-state index is -4.15. The van der Waals surface area contributed by atoms with E-state index in [1.165, 1.54) is 0 Å². The zero-order valence-corrected chi connectivity index (χ0v) is 10.2. The quantitative estimate of drug-likeness (QED) is 0.753. The lowest BCUT2D eigenvalue weighted by atomic mass is 10.00. The smallest absolute Gasteiger partial charge is 0.303 e. The van der Waals surface area contributed by atoms with Crippen molar-refractivity contribution in [2.24, 2.45) is 11.8 Å². The van der Waals surface area contributed by atoms with Gasteiger partial charge < -0.3 is 5.32 Å². The van der Waals surface area contributed by atoms with Crippen molar-refractivity contribution >= 4 is 0 Å². The molecule has 4 heteroatoms.